The van der Waals surface area contributed by atoms with Crippen molar-refractivity contribution >= 4 is 23.3 Å². The van der Waals surface area contributed by atoms with Gasteiger partial charge in [0, 0.05) is 17.6 Å². The molecule has 3 aromatic rings. The van der Waals surface area contributed by atoms with E-state index >= 15 is 0 Å². The Morgan fingerprint density at radius 1 is 1.03 bits per heavy atom. The van der Waals surface area contributed by atoms with Crippen LogP contribution in [-0.2, 0) is 4.79 Å². The van der Waals surface area contributed by atoms with E-state index in [1.165, 1.54) is 6.33 Å². The molecule has 0 saturated heterocycles. The Morgan fingerprint density at radius 2 is 1.68 bits per heavy atom. The van der Waals surface area contributed by atoms with Crippen LogP contribution in [0.15, 0.2) is 60.9 Å². The van der Waals surface area contributed by atoms with Gasteiger partial charge in [0.15, 0.2) is 0 Å². The van der Waals surface area contributed by atoms with Gasteiger partial charge in [-0.1, -0.05) is 25.1 Å². The number of rotatable bonds is 10. The van der Waals surface area contributed by atoms with Crippen LogP contribution in [-0.4, -0.2) is 46.8 Å². The third kappa shape index (κ3) is 6.62. The van der Waals surface area contributed by atoms with E-state index in [-0.39, 0.29) is 35.6 Å². The Balaban J connectivity index is 1.40. The number of likely N-dealkylation sites (N-methyl/N-ethyl adjacent to an activating group) is 1. The summed E-state index contributed by atoms with van der Waals surface area (Å²) in [7, 11) is 1.81. The number of anilines is 2. The van der Waals surface area contributed by atoms with Crippen molar-refractivity contribution in [2.45, 2.75) is 57.2 Å². The van der Waals surface area contributed by atoms with Crippen LogP contribution in [0.4, 0.5) is 11.6 Å². The maximum Gasteiger partial charge on any atom is 0.237 e. The summed E-state index contributed by atoms with van der Waals surface area (Å²) in [5.74, 6) is 2.30. The van der Waals surface area contributed by atoms with E-state index in [2.05, 4.69) is 25.9 Å². The fourth-order valence-electron chi connectivity index (χ4n) is 4.61. The lowest BCUT2D eigenvalue weighted by molar-refractivity contribution is -0.124. The first-order valence-electron chi connectivity index (χ1n) is 12.7. The summed E-state index contributed by atoms with van der Waals surface area (Å²) in [4.78, 5) is 21.0. The molecule has 0 radical (unpaired) electrons. The van der Waals surface area contributed by atoms with Crippen LogP contribution in [0.25, 0.3) is 0 Å². The minimum Gasteiger partial charge on any atom is -0.457 e. The number of para-hydroxylation sites is 1. The number of nitrogens with zero attached hydrogens (tertiary/aromatic N) is 2. The third-order valence-electron chi connectivity index (χ3n) is 6.74. The molecule has 0 spiro atoms. The number of nitrogen functional groups attached to an aromatic ring is 1. The van der Waals surface area contributed by atoms with E-state index in [1.807, 2.05) is 68.6 Å². The Morgan fingerprint density at radius 3 is 2.32 bits per heavy atom. The first kappa shape index (κ1) is 26.1. The van der Waals surface area contributed by atoms with Crippen LogP contribution in [0.5, 0.6) is 11.5 Å². The van der Waals surface area contributed by atoms with Crippen molar-refractivity contribution in [2.75, 3.05) is 18.1 Å². The molecular weight excluding hydrogens is 466 g/mol. The van der Waals surface area contributed by atoms with Crippen molar-refractivity contribution in [2.24, 2.45) is 0 Å². The predicted molar refractivity (Wildman–Crippen MR) is 146 cm³/mol. The molecule has 1 unspecified atom stereocenters. The van der Waals surface area contributed by atoms with Gasteiger partial charge in [-0.25, -0.2) is 9.97 Å². The van der Waals surface area contributed by atoms with E-state index < -0.39 is 0 Å². The topological polar surface area (TPSA) is 138 Å². The second-order valence-corrected chi connectivity index (χ2v) is 9.25. The number of nitrogens with two attached hydrogens (primary N) is 1. The molecule has 9 nitrogen and oxygen atoms in total. The van der Waals surface area contributed by atoms with Crippen molar-refractivity contribution in [3.63, 3.8) is 0 Å². The van der Waals surface area contributed by atoms with Crippen LogP contribution >= 0.6 is 0 Å². The van der Waals surface area contributed by atoms with Crippen molar-refractivity contribution < 1.29 is 9.53 Å². The summed E-state index contributed by atoms with van der Waals surface area (Å²) in [6.07, 6.45) is 5.68. The molecule has 1 heterocycles. The molecule has 194 valence electrons. The number of aromatic nitrogens is 2. The Kier molecular flexibility index (Phi) is 8.68. The van der Waals surface area contributed by atoms with Gasteiger partial charge in [-0.3, -0.25) is 10.2 Å². The third-order valence-corrected chi connectivity index (χ3v) is 6.74. The molecule has 1 aliphatic carbocycles. The molecule has 1 amide bonds. The highest BCUT2D eigenvalue weighted by atomic mass is 16.5. The molecule has 1 aliphatic rings. The number of nitrogens with one attached hydrogen (secondary N) is 4. The average Bonchev–Trinajstić information content (AvgIpc) is 2.91. The molecule has 1 atom stereocenters. The molecule has 2 aromatic carbocycles. The summed E-state index contributed by atoms with van der Waals surface area (Å²) in [6.45, 7) is 2.00. The zero-order valence-corrected chi connectivity index (χ0v) is 21.3. The van der Waals surface area contributed by atoms with Crippen molar-refractivity contribution in [3.05, 3.63) is 72.1 Å². The Labute approximate surface area is 217 Å². The lowest BCUT2D eigenvalue weighted by Gasteiger charge is -2.31. The summed E-state index contributed by atoms with van der Waals surface area (Å²) in [5, 5.41) is 18.6. The lowest BCUT2D eigenvalue weighted by Crippen LogP contribution is -2.48. The summed E-state index contributed by atoms with van der Waals surface area (Å²) < 4.78 is 5.86. The molecular formula is C28H35N7O2. The lowest BCUT2D eigenvalue weighted by atomic mass is 9.90. The highest BCUT2D eigenvalue weighted by Gasteiger charge is 2.26. The van der Waals surface area contributed by atoms with Crippen LogP contribution < -0.4 is 26.4 Å². The maximum absolute atomic E-state index is 12.4. The smallest absolute Gasteiger partial charge is 0.237 e. The minimum atomic E-state index is -0.160. The van der Waals surface area contributed by atoms with Gasteiger partial charge >= 0.3 is 0 Å². The van der Waals surface area contributed by atoms with E-state index in [1.54, 1.807) is 0 Å². The molecule has 6 N–H and O–H groups in total. The van der Waals surface area contributed by atoms with E-state index in [9.17, 15) is 4.79 Å². The van der Waals surface area contributed by atoms with Gasteiger partial charge < -0.3 is 26.4 Å². The van der Waals surface area contributed by atoms with Gasteiger partial charge in [0.05, 0.1) is 17.3 Å². The highest BCUT2D eigenvalue weighted by molar-refractivity contribution is 6.16. The monoisotopic (exact) mass is 501 g/mol. The van der Waals surface area contributed by atoms with Gasteiger partial charge in [0.2, 0.25) is 5.91 Å². The summed E-state index contributed by atoms with van der Waals surface area (Å²) in [6, 6.07) is 17.0. The Hall–Kier alpha value is -3.98. The molecule has 1 saturated carbocycles. The van der Waals surface area contributed by atoms with Crippen LogP contribution in [0.3, 0.4) is 0 Å². The fraction of sp³-hybridized carbons (Fsp3) is 0.357. The number of hydrogen-bond donors (Lipinski definition) is 5. The van der Waals surface area contributed by atoms with Gasteiger partial charge in [0.1, 0.15) is 29.5 Å². The number of carbonyl (C=O) groups excluding carboxylic acids is 1. The zero-order chi connectivity index (χ0) is 26.2. The predicted octanol–water partition coefficient (Wildman–Crippen LogP) is 4.10. The largest absolute Gasteiger partial charge is 0.457 e. The highest BCUT2D eigenvalue weighted by Crippen LogP contribution is 2.28. The normalized spacial score (nSPS) is 18.0. The Bertz CT molecular complexity index is 1190. The second kappa shape index (κ2) is 12.3. The van der Waals surface area contributed by atoms with Crippen LogP contribution in [0, 0.1) is 5.41 Å². The molecule has 1 aromatic heterocycles. The van der Waals surface area contributed by atoms with Gasteiger partial charge in [0.25, 0.3) is 0 Å². The number of benzene rings is 2. The number of carbonyl (C=O) groups is 1. The van der Waals surface area contributed by atoms with Gasteiger partial charge in [-0.05, 0) is 75.5 Å². The number of amides is 1. The van der Waals surface area contributed by atoms with Gasteiger partial charge in [-0.15, -0.1) is 0 Å². The first-order valence-corrected chi connectivity index (χ1v) is 12.7. The molecule has 4 rings (SSSR count). The molecule has 0 bridgehead atoms. The molecule has 9 heteroatoms. The van der Waals surface area contributed by atoms with E-state index in [0.717, 1.165) is 37.9 Å². The maximum atomic E-state index is 12.4. The van der Waals surface area contributed by atoms with Crippen LogP contribution in [0.1, 0.15) is 50.2 Å². The van der Waals surface area contributed by atoms with Gasteiger partial charge in [-0.2, -0.15) is 0 Å². The second-order valence-electron chi connectivity index (χ2n) is 9.25. The molecule has 1 fully saturated rings. The fourth-order valence-corrected chi connectivity index (χ4v) is 4.61. The van der Waals surface area contributed by atoms with Crippen LogP contribution in [0.2, 0.25) is 0 Å². The van der Waals surface area contributed by atoms with E-state index in [0.29, 0.717) is 22.7 Å². The number of ether oxygens (including phenoxy) is 1. The quantitative estimate of drug-likeness (QED) is 0.264. The first-order chi connectivity index (χ1) is 18.0. The molecule has 0 aliphatic heterocycles. The van der Waals surface area contributed by atoms with E-state index in [4.69, 9.17) is 15.9 Å². The molecule has 37 heavy (non-hydrogen) atoms. The SMILES string of the molecule is CCC(NC)C(=O)NC1CCC(Nc2ncnc(N)c2C(=N)c2ccc(Oc3ccccc3)cc2)CC1. The minimum absolute atomic E-state index is 0.0564. The zero-order valence-electron chi connectivity index (χ0n) is 21.3. The van der Waals surface area contributed by atoms with Crippen molar-refractivity contribution in [1.82, 2.24) is 20.6 Å². The summed E-state index contributed by atoms with van der Waals surface area (Å²) in [5.41, 5.74) is 7.63. The average molecular weight is 502 g/mol. The summed E-state index contributed by atoms with van der Waals surface area (Å²) >= 11 is 0. The van der Waals surface area contributed by atoms with Crippen molar-refractivity contribution in [3.8, 4) is 11.5 Å². The standard InChI is InChI=1S/C28H35N7O2/c1-3-23(31-2)28(36)35-20-13-11-19(12-14-20)34-27-24(26(30)32-17-33-27)25(29)18-9-15-22(16-10-18)37-21-7-5-4-6-8-21/h4-10,15-17,19-20,23,29,31H,3,11-14H2,1-2H3,(H,35,36)(H3,30,32,33,34). The van der Waals surface area contributed by atoms with Crippen molar-refractivity contribution in [1.29, 1.82) is 5.41 Å². The number of hydrogen-bond acceptors (Lipinski definition) is 8.